The van der Waals surface area contributed by atoms with Crippen LogP contribution in [0.3, 0.4) is 0 Å². The largest absolute Gasteiger partial charge is 0.495 e. The Morgan fingerprint density at radius 1 is 1.09 bits per heavy atom. The average molecular weight is 482 g/mol. The Labute approximate surface area is 206 Å². The van der Waals surface area contributed by atoms with Gasteiger partial charge in [-0.25, -0.2) is 0 Å². The number of ether oxygens (including phenoxy) is 1. The van der Waals surface area contributed by atoms with Crippen LogP contribution >= 0.6 is 11.6 Å². The van der Waals surface area contributed by atoms with Gasteiger partial charge in [0.1, 0.15) is 5.75 Å². The molecule has 3 aromatic carbocycles. The number of methoxy groups -OCH3 is 1. The molecule has 0 aromatic heterocycles. The lowest BCUT2D eigenvalue weighted by Crippen LogP contribution is -2.52. The summed E-state index contributed by atoms with van der Waals surface area (Å²) in [5, 5.41) is 16.5. The maximum atomic E-state index is 12.3. The SMILES string of the molecule is COc1ccc2cc(C(O)C(C)N3CCN(CC(=O)NCc4ccccc4)CC3)ccc2c1Cl. The van der Waals surface area contributed by atoms with Crippen molar-refractivity contribution in [2.24, 2.45) is 0 Å². The van der Waals surface area contributed by atoms with Crippen molar-refractivity contribution < 1.29 is 14.6 Å². The molecule has 1 fully saturated rings. The number of nitrogens with zero attached hydrogens (tertiary/aromatic N) is 2. The number of amides is 1. The molecule has 1 aliphatic heterocycles. The molecule has 1 heterocycles. The van der Waals surface area contributed by atoms with Crippen LogP contribution in [0.15, 0.2) is 60.7 Å². The van der Waals surface area contributed by atoms with E-state index in [0.29, 0.717) is 23.9 Å². The summed E-state index contributed by atoms with van der Waals surface area (Å²) in [5.74, 6) is 0.680. The topological polar surface area (TPSA) is 65.0 Å². The number of aliphatic hydroxyl groups excluding tert-OH is 1. The molecule has 0 saturated carbocycles. The number of hydrogen-bond acceptors (Lipinski definition) is 5. The zero-order chi connectivity index (χ0) is 24.1. The van der Waals surface area contributed by atoms with Crippen LogP contribution in [-0.2, 0) is 11.3 Å². The third-order valence-electron chi connectivity index (χ3n) is 6.64. The lowest BCUT2D eigenvalue weighted by molar-refractivity contribution is -0.123. The lowest BCUT2D eigenvalue weighted by atomic mass is 9.98. The molecular weight excluding hydrogens is 450 g/mol. The van der Waals surface area contributed by atoms with E-state index >= 15 is 0 Å². The predicted octanol–water partition coefficient (Wildman–Crippen LogP) is 3.86. The summed E-state index contributed by atoms with van der Waals surface area (Å²) in [4.78, 5) is 16.8. The summed E-state index contributed by atoms with van der Waals surface area (Å²) >= 11 is 6.43. The van der Waals surface area contributed by atoms with Crippen LogP contribution in [0.25, 0.3) is 10.8 Å². The van der Waals surface area contributed by atoms with Crippen molar-refractivity contribution in [3.8, 4) is 5.75 Å². The van der Waals surface area contributed by atoms with Crippen molar-refractivity contribution in [3.05, 3.63) is 76.8 Å². The first-order chi connectivity index (χ1) is 16.5. The number of aliphatic hydroxyl groups is 1. The normalized spacial score (nSPS) is 16.8. The van der Waals surface area contributed by atoms with Crippen LogP contribution in [0.5, 0.6) is 5.75 Å². The van der Waals surface area contributed by atoms with Crippen molar-refractivity contribution in [1.82, 2.24) is 15.1 Å². The molecule has 0 spiro atoms. The van der Waals surface area contributed by atoms with Crippen molar-refractivity contribution in [2.45, 2.75) is 25.6 Å². The van der Waals surface area contributed by atoms with Gasteiger partial charge in [-0.2, -0.15) is 0 Å². The molecule has 34 heavy (non-hydrogen) atoms. The highest BCUT2D eigenvalue weighted by molar-refractivity contribution is 6.37. The number of fused-ring (bicyclic) bond motifs is 1. The Morgan fingerprint density at radius 2 is 1.82 bits per heavy atom. The van der Waals surface area contributed by atoms with Gasteiger partial charge in [0.2, 0.25) is 5.91 Å². The Hall–Kier alpha value is -2.64. The molecule has 0 radical (unpaired) electrons. The monoisotopic (exact) mass is 481 g/mol. The van der Waals surface area contributed by atoms with E-state index in [4.69, 9.17) is 16.3 Å². The maximum absolute atomic E-state index is 12.3. The fraction of sp³-hybridized carbons (Fsp3) is 0.370. The van der Waals surface area contributed by atoms with Gasteiger partial charge in [-0.3, -0.25) is 14.6 Å². The number of carbonyl (C=O) groups excluding carboxylic acids is 1. The summed E-state index contributed by atoms with van der Waals surface area (Å²) < 4.78 is 5.30. The first kappa shape index (κ1) is 24.5. The third-order valence-corrected chi connectivity index (χ3v) is 7.03. The third kappa shape index (κ3) is 5.70. The van der Waals surface area contributed by atoms with Crippen LogP contribution in [0.2, 0.25) is 5.02 Å². The van der Waals surface area contributed by atoms with E-state index in [2.05, 4.69) is 22.0 Å². The van der Waals surface area contributed by atoms with Crippen molar-refractivity contribution >= 4 is 28.3 Å². The molecule has 1 aliphatic rings. The van der Waals surface area contributed by atoms with Gasteiger partial charge < -0.3 is 15.2 Å². The number of piperazine rings is 1. The van der Waals surface area contributed by atoms with Crippen molar-refractivity contribution in [1.29, 1.82) is 0 Å². The molecular formula is C27H32ClN3O3. The summed E-state index contributed by atoms with van der Waals surface area (Å²) in [6.45, 7) is 6.20. The predicted molar refractivity (Wildman–Crippen MR) is 136 cm³/mol. The Balaban J connectivity index is 1.29. The first-order valence-electron chi connectivity index (χ1n) is 11.7. The Morgan fingerprint density at radius 3 is 2.53 bits per heavy atom. The lowest BCUT2D eigenvalue weighted by Gasteiger charge is -2.39. The smallest absolute Gasteiger partial charge is 0.234 e. The molecule has 1 saturated heterocycles. The van der Waals surface area contributed by atoms with E-state index in [-0.39, 0.29) is 11.9 Å². The second-order valence-electron chi connectivity index (χ2n) is 8.82. The van der Waals surface area contributed by atoms with Crippen LogP contribution in [0.4, 0.5) is 0 Å². The number of carbonyl (C=O) groups is 1. The Bertz CT molecular complexity index is 1120. The molecule has 2 N–H and O–H groups in total. The van der Waals surface area contributed by atoms with Gasteiger partial charge in [0.15, 0.2) is 0 Å². The van der Waals surface area contributed by atoms with Gasteiger partial charge in [-0.05, 0) is 35.6 Å². The highest BCUT2D eigenvalue weighted by Gasteiger charge is 2.27. The van der Waals surface area contributed by atoms with Gasteiger partial charge in [0.05, 0.1) is 24.8 Å². The minimum absolute atomic E-state index is 0.0387. The van der Waals surface area contributed by atoms with E-state index < -0.39 is 6.10 Å². The molecule has 180 valence electrons. The van der Waals surface area contributed by atoms with E-state index in [1.807, 2.05) is 60.7 Å². The number of nitrogens with one attached hydrogen (secondary N) is 1. The summed E-state index contributed by atoms with van der Waals surface area (Å²) in [6, 6.07) is 19.6. The van der Waals surface area contributed by atoms with Crippen LogP contribution in [0, 0.1) is 0 Å². The highest BCUT2D eigenvalue weighted by Crippen LogP contribution is 2.34. The number of halogens is 1. The second kappa shape index (κ2) is 11.2. The van der Waals surface area contributed by atoms with Gasteiger partial charge >= 0.3 is 0 Å². The van der Waals surface area contributed by atoms with Gasteiger partial charge in [0, 0.05) is 44.2 Å². The van der Waals surface area contributed by atoms with E-state index in [0.717, 1.165) is 48.1 Å². The molecule has 3 aromatic rings. The second-order valence-corrected chi connectivity index (χ2v) is 9.20. The minimum atomic E-state index is -0.619. The fourth-order valence-electron chi connectivity index (χ4n) is 4.49. The summed E-state index contributed by atoms with van der Waals surface area (Å²) in [6.07, 6.45) is -0.619. The molecule has 4 rings (SSSR count). The van der Waals surface area contributed by atoms with Crippen molar-refractivity contribution in [3.63, 3.8) is 0 Å². The van der Waals surface area contributed by atoms with E-state index in [1.165, 1.54) is 0 Å². The average Bonchev–Trinajstić information content (AvgIpc) is 2.88. The van der Waals surface area contributed by atoms with E-state index in [1.54, 1.807) is 7.11 Å². The molecule has 0 bridgehead atoms. The summed E-state index contributed by atoms with van der Waals surface area (Å²) in [5.41, 5.74) is 1.96. The number of rotatable bonds is 8. The Kier molecular flexibility index (Phi) is 8.06. The zero-order valence-electron chi connectivity index (χ0n) is 19.7. The van der Waals surface area contributed by atoms with Crippen LogP contribution < -0.4 is 10.1 Å². The molecule has 1 amide bonds. The summed E-state index contributed by atoms with van der Waals surface area (Å²) in [7, 11) is 1.60. The molecule has 6 nitrogen and oxygen atoms in total. The molecule has 0 aliphatic carbocycles. The van der Waals surface area contributed by atoms with Crippen LogP contribution in [0.1, 0.15) is 24.2 Å². The van der Waals surface area contributed by atoms with Crippen molar-refractivity contribution in [2.75, 3.05) is 39.8 Å². The number of hydrogen-bond donors (Lipinski definition) is 2. The molecule has 2 atom stereocenters. The first-order valence-corrected chi connectivity index (χ1v) is 12.1. The standard InChI is InChI=1S/C27H32ClN3O3/c1-19(27(33)22-8-10-23-21(16-22)9-11-24(34-2)26(23)28)31-14-12-30(13-15-31)18-25(32)29-17-20-6-4-3-5-7-20/h3-11,16,19,27,33H,12-15,17-18H2,1-2H3,(H,29,32). The molecule has 2 unspecified atom stereocenters. The zero-order valence-corrected chi connectivity index (χ0v) is 20.5. The highest BCUT2D eigenvalue weighted by atomic mass is 35.5. The maximum Gasteiger partial charge on any atom is 0.234 e. The van der Waals surface area contributed by atoms with Gasteiger partial charge in [0.25, 0.3) is 0 Å². The van der Waals surface area contributed by atoms with Crippen LogP contribution in [-0.4, -0.2) is 66.7 Å². The minimum Gasteiger partial charge on any atom is -0.495 e. The number of benzene rings is 3. The quantitative estimate of drug-likeness (QED) is 0.511. The van der Waals surface area contributed by atoms with Gasteiger partial charge in [-0.1, -0.05) is 60.1 Å². The fourth-order valence-corrected chi connectivity index (χ4v) is 4.81. The molecule has 7 heteroatoms. The van der Waals surface area contributed by atoms with E-state index in [9.17, 15) is 9.90 Å². The van der Waals surface area contributed by atoms with Gasteiger partial charge in [-0.15, -0.1) is 0 Å².